The van der Waals surface area contributed by atoms with Gasteiger partial charge >= 0.3 is 17.9 Å². The lowest BCUT2D eigenvalue weighted by Crippen LogP contribution is -2.30. The summed E-state index contributed by atoms with van der Waals surface area (Å²) in [5.41, 5.74) is 0. The summed E-state index contributed by atoms with van der Waals surface area (Å²) in [7, 11) is 0. The van der Waals surface area contributed by atoms with E-state index in [9.17, 15) is 14.4 Å². The summed E-state index contributed by atoms with van der Waals surface area (Å²) in [6.45, 7) is 6.41. The molecule has 0 bridgehead atoms. The monoisotopic (exact) mass is 889 g/mol. The van der Waals surface area contributed by atoms with Gasteiger partial charge in [-0.1, -0.05) is 221 Å². The summed E-state index contributed by atoms with van der Waals surface area (Å²) in [6, 6.07) is 0. The van der Waals surface area contributed by atoms with Crippen molar-refractivity contribution in [3.8, 4) is 0 Å². The largest absolute Gasteiger partial charge is 0.462 e. The molecule has 0 aromatic carbocycles. The molecule has 64 heavy (non-hydrogen) atoms. The Labute approximate surface area is 394 Å². The number of carbonyl (C=O) groups excluding carboxylic acids is 3. The van der Waals surface area contributed by atoms with E-state index in [2.05, 4.69) is 118 Å². The molecular weight excluding hydrogens is 793 g/mol. The van der Waals surface area contributed by atoms with Crippen LogP contribution in [-0.2, 0) is 28.6 Å². The van der Waals surface area contributed by atoms with Crippen LogP contribution in [0.1, 0.15) is 233 Å². The maximum Gasteiger partial charge on any atom is 0.306 e. The number of hydrogen-bond acceptors (Lipinski definition) is 6. The second-order valence-electron chi connectivity index (χ2n) is 17.2. The third-order valence-corrected chi connectivity index (χ3v) is 10.9. The Morgan fingerprint density at radius 1 is 0.328 bits per heavy atom. The molecule has 0 saturated heterocycles. The van der Waals surface area contributed by atoms with Gasteiger partial charge in [-0.25, -0.2) is 0 Å². The van der Waals surface area contributed by atoms with E-state index < -0.39 is 6.10 Å². The van der Waals surface area contributed by atoms with E-state index in [0.29, 0.717) is 19.3 Å². The molecule has 6 nitrogen and oxygen atoms in total. The van der Waals surface area contributed by atoms with Gasteiger partial charge in [0.15, 0.2) is 6.10 Å². The normalized spacial score (nSPS) is 12.9. The van der Waals surface area contributed by atoms with Crippen LogP contribution < -0.4 is 0 Å². The highest BCUT2D eigenvalue weighted by Gasteiger charge is 2.19. The van der Waals surface area contributed by atoms with Crippen LogP contribution in [0.3, 0.4) is 0 Å². The third kappa shape index (κ3) is 49.3. The average molecular weight is 889 g/mol. The van der Waals surface area contributed by atoms with Crippen LogP contribution in [0.25, 0.3) is 0 Å². The highest BCUT2D eigenvalue weighted by atomic mass is 16.6. The summed E-state index contributed by atoms with van der Waals surface area (Å²) in [4.78, 5) is 38.0. The molecule has 0 spiro atoms. The zero-order chi connectivity index (χ0) is 46.5. The molecule has 1 unspecified atom stereocenters. The van der Waals surface area contributed by atoms with Crippen LogP contribution >= 0.6 is 0 Å². The van der Waals surface area contributed by atoms with E-state index in [4.69, 9.17) is 14.2 Å². The van der Waals surface area contributed by atoms with Crippen LogP contribution in [0.2, 0.25) is 0 Å². The summed E-state index contributed by atoms with van der Waals surface area (Å²) in [6.07, 6.45) is 68.1. The topological polar surface area (TPSA) is 78.9 Å². The summed E-state index contributed by atoms with van der Waals surface area (Å²) in [5.74, 6) is -0.954. The van der Waals surface area contributed by atoms with Gasteiger partial charge in [-0.3, -0.25) is 14.4 Å². The lowest BCUT2D eigenvalue weighted by Gasteiger charge is -2.18. The van der Waals surface area contributed by atoms with Gasteiger partial charge in [0.2, 0.25) is 0 Å². The van der Waals surface area contributed by atoms with Crippen molar-refractivity contribution in [3.63, 3.8) is 0 Å². The number of rotatable bonds is 46. The highest BCUT2D eigenvalue weighted by molar-refractivity contribution is 5.71. The molecule has 0 N–H and O–H groups in total. The number of ether oxygens (including phenoxy) is 3. The smallest absolute Gasteiger partial charge is 0.306 e. The Bertz CT molecular complexity index is 1300. The van der Waals surface area contributed by atoms with Crippen molar-refractivity contribution in [1.82, 2.24) is 0 Å². The molecular formula is C58H96O6. The molecule has 6 heteroatoms. The van der Waals surface area contributed by atoms with Crippen LogP contribution in [0.4, 0.5) is 0 Å². The molecule has 0 aromatic rings. The van der Waals surface area contributed by atoms with Gasteiger partial charge in [0.05, 0.1) is 0 Å². The molecule has 0 aliphatic rings. The van der Waals surface area contributed by atoms with E-state index >= 15 is 0 Å². The lowest BCUT2D eigenvalue weighted by molar-refractivity contribution is -0.167. The lowest BCUT2D eigenvalue weighted by atomic mass is 10.1. The highest BCUT2D eigenvalue weighted by Crippen LogP contribution is 2.13. The Hall–Kier alpha value is -3.67. The van der Waals surface area contributed by atoms with Crippen LogP contribution in [0.5, 0.6) is 0 Å². The van der Waals surface area contributed by atoms with Gasteiger partial charge in [0, 0.05) is 19.3 Å². The molecule has 364 valence electrons. The summed E-state index contributed by atoms with van der Waals surface area (Å²) < 4.78 is 16.8. The average Bonchev–Trinajstić information content (AvgIpc) is 3.29. The summed E-state index contributed by atoms with van der Waals surface area (Å²) in [5, 5.41) is 0. The van der Waals surface area contributed by atoms with Crippen LogP contribution in [0, 0.1) is 0 Å². The molecule has 0 fully saturated rings. The quantitative estimate of drug-likeness (QED) is 0.0262. The van der Waals surface area contributed by atoms with E-state index in [1.54, 1.807) is 0 Å². The first kappa shape index (κ1) is 60.3. The first-order chi connectivity index (χ1) is 31.5. The van der Waals surface area contributed by atoms with Crippen molar-refractivity contribution in [1.29, 1.82) is 0 Å². The number of esters is 3. The first-order valence-corrected chi connectivity index (χ1v) is 26.3. The third-order valence-electron chi connectivity index (χ3n) is 10.9. The molecule has 0 radical (unpaired) electrons. The predicted octanol–water partition coefficient (Wildman–Crippen LogP) is 17.4. The van der Waals surface area contributed by atoms with Crippen LogP contribution in [0.15, 0.2) is 97.2 Å². The van der Waals surface area contributed by atoms with E-state index in [1.807, 2.05) is 0 Å². The van der Waals surface area contributed by atoms with E-state index in [0.717, 1.165) is 122 Å². The maximum absolute atomic E-state index is 12.8. The zero-order valence-corrected chi connectivity index (χ0v) is 41.5. The number of allylic oxidation sites excluding steroid dienone is 16. The maximum atomic E-state index is 12.8. The van der Waals surface area contributed by atoms with Gasteiger partial charge in [0.1, 0.15) is 13.2 Å². The molecule has 0 aliphatic heterocycles. The zero-order valence-electron chi connectivity index (χ0n) is 41.5. The van der Waals surface area contributed by atoms with Crippen molar-refractivity contribution < 1.29 is 28.6 Å². The fourth-order valence-corrected chi connectivity index (χ4v) is 6.96. The standard InChI is InChI=1S/C58H96O6/c1-4-7-10-13-16-19-22-25-27-28-29-31-33-36-39-42-45-48-51-57(60)63-54-55(53-62-56(59)50-47-44-41-38-35-32-24-21-18-15-12-9-6-3)64-58(61)52-49-46-43-40-37-34-30-26-23-20-17-14-11-8-5-2/h9,12,15,17-18,20-29,31,55H,4-8,10-11,13-14,16,19,30,32-54H2,1-3H3/b12-9+,18-15+,20-17+,24-21+,25-22+,26-23+,28-27+,31-29+. The van der Waals surface area contributed by atoms with E-state index in [1.165, 1.54) is 70.6 Å². The number of hydrogen-bond donors (Lipinski definition) is 0. The second kappa shape index (κ2) is 52.0. The van der Waals surface area contributed by atoms with Crippen molar-refractivity contribution in [2.45, 2.75) is 239 Å². The molecule has 0 heterocycles. The fourth-order valence-electron chi connectivity index (χ4n) is 6.96. The van der Waals surface area contributed by atoms with Crippen molar-refractivity contribution in [2.24, 2.45) is 0 Å². The summed E-state index contributed by atoms with van der Waals surface area (Å²) >= 11 is 0. The van der Waals surface area contributed by atoms with Gasteiger partial charge in [-0.2, -0.15) is 0 Å². The molecule has 0 aromatic heterocycles. The Morgan fingerprint density at radius 3 is 0.984 bits per heavy atom. The van der Waals surface area contributed by atoms with E-state index in [-0.39, 0.29) is 31.1 Å². The van der Waals surface area contributed by atoms with Crippen molar-refractivity contribution >= 4 is 17.9 Å². The second-order valence-corrected chi connectivity index (χ2v) is 17.2. The minimum absolute atomic E-state index is 0.101. The minimum atomic E-state index is -0.801. The molecule has 0 rings (SSSR count). The molecule has 0 aliphatic carbocycles. The Morgan fingerprint density at radius 2 is 0.609 bits per heavy atom. The molecule has 0 amide bonds. The number of unbranched alkanes of at least 4 members (excludes halogenated alkanes) is 24. The van der Waals surface area contributed by atoms with Gasteiger partial charge in [-0.05, 0) is 89.9 Å². The van der Waals surface area contributed by atoms with Gasteiger partial charge < -0.3 is 14.2 Å². The van der Waals surface area contributed by atoms with Gasteiger partial charge in [0.25, 0.3) is 0 Å². The van der Waals surface area contributed by atoms with Crippen LogP contribution in [-0.4, -0.2) is 37.2 Å². The van der Waals surface area contributed by atoms with Gasteiger partial charge in [-0.15, -0.1) is 0 Å². The minimum Gasteiger partial charge on any atom is -0.462 e. The Kier molecular flexibility index (Phi) is 49.0. The SMILES string of the molecule is CC/C=C/C=C/C=C/CCCCCCCC(=O)OCC(COC(=O)CCCCCCC/C=C/C=C/C=C/CCCCCCC)OC(=O)CCCCCCCC/C=C/C=C/CCCCC. The first-order valence-electron chi connectivity index (χ1n) is 26.3. The Balaban J connectivity index is 4.48. The van der Waals surface area contributed by atoms with Crippen molar-refractivity contribution in [3.05, 3.63) is 97.2 Å². The fraction of sp³-hybridized carbons (Fsp3) is 0.672. The number of carbonyl (C=O) groups is 3. The molecule has 0 saturated carbocycles. The molecule has 1 atom stereocenters. The van der Waals surface area contributed by atoms with Crippen molar-refractivity contribution in [2.75, 3.05) is 13.2 Å². The predicted molar refractivity (Wildman–Crippen MR) is 274 cm³/mol.